The number of benzene rings is 1. The van der Waals surface area contributed by atoms with Gasteiger partial charge < -0.3 is 11.5 Å². The number of hydrogen-bond acceptors (Lipinski definition) is 3. The third kappa shape index (κ3) is 5.56. The number of thioether (sulfide) groups is 1. The second-order valence-electron chi connectivity index (χ2n) is 4.78. The van der Waals surface area contributed by atoms with Crippen molar-refractivity contribution in [1.29, 1.82) is 0 Å². The summed E-state index contributed by atoms with van der Waals surface area (Å²) in [6.07, 6.45) is 2.67. The first kappa shape index (κ1) is 15.1. The Balaban J connectivity index is 2.08. The fourth-order valence-corrected chi connectivity index (χ4v) is 2.56. The Hall–Kier alpha value is -1.00. The van der Waals surface area contributed by atoms with Crippen LogP contribution in [0.1, 0.15) is 31.7 Å². The molecule has 0 saturated carbocycles. The topological polar surface area (TPSA) is 69.1 Å². The van der Waals surface area contributed by atoms with Crippen molar-refractivity contribution >= 4 is 17.7 Å². The van der Waals surface area contributed by atoms with Gasteiger partial charge in [-0.05, 0) is 31.1 Å². The number of unbranched alkanes of at least 4 members (excludes halogenated alkanes) is 1. The largest absolute Gasteiger partial charge is 0.368 e. The lowest BCUT2D eigenvalue weighted by atomic mass is 9.96. The first-order chi connectivity index (χ1) is 8.52. The van der Waals surface area contributed by atoms with E-state index in [-0.39, 0.29) is 0 Å². The Morgan fingerprint density at radius 3 is 2.56 bits per heavy atom. The summed E-state index contributed by atoms with van der Waals surface area (Å²) in [6, 6.07) is 10.4. The van der Waals surface area contributed by atoms with Crippen LogP contribution in [-0.4, -0.2) is 17.2 Å². The molecule has 1 amide bonds. The van der Waals surface area contributed by atoms with Gasteiger partial charge in [0.05, 0.1) is 5.54 Å². The highest BCUT2D eigenvalue weighted by Gasteiger charge is 2.24. The van der Waals surface area contributed by atoms with Crippen molar-refractivity contribution in [2.45, 2.75) is 37.5 Å². The van der Waals surface area contributed by atoms with Crippen LogP contribution in [0.4, 0.5) is 0 Å². The van der Waals surface area contributed by atoms with Gasteiger partial charge in [-0.3, -0.25) is 4.79 Å². The molecule has 4 heteroatoms. The predicted molar refractivity (Wildman–Crippen MR) is 78.2 cm³/mol. The molecule has 1 atom stereocenters. The van der Waals surface area contributed by atoms with Crippen LogP contribution in [0.15, 0.2) is 30.3 Å². The van der Waals surface area contributed by atoms with Gasteiger partial charge in [0.2, 0.25) is 5.91 Å². The van der Waals surface area contributed by atoms with Gasteiger partial charge in [-0.15, -0.1) is 0 Å². The molecule has 100 valence electrons. The fourth-order valence-electron chi connectivity index (χ4n) is 1.58. The lowest BCUT2D eigenvalue weighted by Crippen LogP contribution is -2.49. The summed E-state index contributed by atoms with van der Waals surface area (Å²) >= 11 is 1.91. The maximum Gasteiger partial charge on any atom is 0.237 e. The predicted octanol–water partition coefficient (Wildman–Crippen LogP) is 2.29. The first-order valence-electron chi connectivity index (χ1n) is 6.23. The molecule has 4 N–H and O–H groups in total. The molecule has 1 unspecified atom stereocenters. The summed E-state index contributed by atoms with van der Waals surface area (Å²) in [4.78, 5) is 11.0. The van der Waals surface area contributed by atoms with Gasteiger partial charge >= 0.3 is 0 Å². The first-order valence-corrected chi connectivity index (χ1v) is 7.38. The van der Waals surface area contributed by atoms with Gasteiger partial charge in [0.25, 0.3) is 0 Å². The van der Waals surface area contributed by atoms with Gasteiger partial charge in [0.15, 0.2) is 0 Å². The van der Waals surface area contributed by atoms with E-state index >= 15 is 0 Å². The molecular formula is C14H22N2OS. The molecule has 0 aromatic heterocycles. The van der Waals surface area contributed by atoms with E-state index in [0.29, 0.717) is 6.42 Å². The smallest absolute Gasteiger partial charge is 0.237 e. The highest BCUT2D eigenvalue weighted by molar-refractivity contribution is 7.98. The van der Waals surface area contributed by atoms with E-state index in [1.807, 2.05) is 17.8 Å². The fraction of sp³-hybridized carbons (Fsp3) is 0.500. The van der Waals surface area contributed by atoms with Crippen LogP contribution < -0.4 is 11.5 Å². The second-order valence-corrected chi connectivity index (χ2v) is 5.88. The summed E-state index contributed by atoms with van der Waals surface area (Å²) in [7, 11) is 0. The van der Waals surface area contributed by atoms with Crippen LogP contribution in [0.5, 0.6) is 0 Å². The average molecular weight is 266 g/mol. The van der Waals surface area contributed by atoms with Crippen molar-refractivity contribution < 1.29 is 4.79 Å². The second kappa shape index (κ2) is 7.44. The molecule has 3 nitrogen and oxygen atoms in total. The summed E-state index contributed by atoms with van der Waals surface area (Å²) in [5, 5.41) is 0. The molecular weight excluding hydrogens is 244 g/mol. The maximum atomic E-state index is 11.0. The van der Waals surface area contributed by atoms with Crippen molar-refractivity contribution in [2.75, 3.05) is 5.75 Å². The van der Waals surface area contributed by atoms with Gasteiger partial charge in [0.1, 0.15) is 0 Å². The van der Waals surface area contributed by atoms with Crippen molar-refractivity contribution in [1.82, 2.24) is 0 Å². The Kier molecular flexibility index (Phi) is 6.22. The zero-order valence-corrected chi connectivity index (χ0v) is 11.7. The van der Waals surface area contributed by atoms with Crippen LogP contribution in [-0.2, 0) is 10.5 Å². The van der Waals surface area contributed by atoms with Crippen LogP contribution in [0.25, 0.3) is 0 Å². The zero-order valence-electron chi connectivity index (χ0n) is 10.9. The van der Waals surface area contributed by atoms with Crippen LogP contribution in [0.2, 0.25) is 0 Å². The Labute approximate surface area is 113 Å². The quantitative estimate of drug-likeness (QED) is 0.709. The third-order valence-corrected chi connectivity index (χ3v) is 4.02. The van der Waals surface area contributed by atoms with Gasteiger partial charge in [-0.2, -0.15) is 11.8 Å². The van der Waals surface area contributed by atoms with E-state index in [2.05, 4.69) is 24.3 Å². The summed E-state index contributed by atoms with van der Waals surface area (Å²) in [5.41, 5.74) is 11.5. The SMILES string of the molecule is CC(N)(CCCCSCc1ccccc1)C(N)=O. The van der Waals surface area contributed by atoms with Crippen LogP contribution in [0.3, 0.4) is 0 Å². The van der Waals surface area contributed by atoms with E-state index in [1.165, 1.54) is 5.56 Å². The average Bonchev–Trinajstić information content (AvgIpc) is 2.34. The maximum absolute atomic E-state index is 11.0. The molecule has 18 heavy (non-hydrogen) atoms. The summed E-state index contributed by atoms with van der Waals surface area (Å²) in [5.74, 6) is 1.71. The van der Waals surface area contributed by atoms with Gasteiger partial charge in [-0.1, -0.05) is 36.8 Å². The Bertz CT molecular complexity index is 365. The molecule has 0 radical (unpaired) electrons. The standard InChI is InChI=1S/C14H22N2OS/c1-14(16,13(15)17)9-5-6-10-18-11-12-7-3-2-4-8-12/h2-4,7-8H,5-6,9-11,16H2,1H3,(H2,15,17). The van der Waals surface area contributed by atoms with E-state index in [1.54, 1.807) is 6.92 Å². The van der Waals surface area contributed by atoms with E-state index < -0.39 is 11.4 Å². The Morgan fingerprint density at radius 2 is 1.94 bits per heavy atom. The molecule has 0 saturated heterocycles. The minimum absolute atomic E-state index is 0.417. The molecule has 1 aromatic rings. The number of carbonyl (C=O) groups excluding carboxylic acids is 1. The van der Waals surface area contributed by atoms with Crippen LogP contribution >= 0.6 is 11.8 Å². The van der Waals surface area contributed by atoms with Crippen LogP contribution in [0, 0.1) is 0 Å². The minimum atomic E-state index is -0.857. The molecule has 0 bridgehead atoms. The molecule has 0 fully saturated rings. The van der Waals surface area contributed by atoms with E-state index in [4.69, 9.17) is 11.5 Å². The molecule has 0 aliphatic carbocycles. The molecule has 0 aliphatic rings. The molecule has 0 spiro atoms. The number of rotatable bonds is 8. The molecule has 0 heterocycles. The summed E-state index contributed by atoms with van der Waals surface area (Å²) in [6.45, 7) is 1.70. The van der Waals surface area contributed by atoms with E-state index in [0.717, 1.165) is 24.3 Å². The normalized spacial score (nSPS) is 14.1. The number of amides is 1. The van der Waals surface area contributed by atoms with Crippen molar-refractivity contribution in [3.63, 3.8) is 0 Å². The van der Waals surface area contributed by atoms with Crippen molar-refractivity contribution in [3.05, 3.63) is 35.9 Å². The molecule has 0 aliphatic heterocycles. The third-order valence-electron chi connectivity index (χ3n) is 2.91. The molecule has 1 aromatic carbocycles. The summed E-state index contributed by atoms with van der Waals surface area (Å²) < 4.78 is 0. The highest BCUT2D eigenvalue weighted by Crippen LogP contribution is 2.16. The Morgan fingerprint density at radius 1 is 1.28 bits per heavy atom. The van der Waals surface area contributed by atoms with E-state index in [9.17, 15) is 4.79 Å². The lowest BCUT2D eigenvalue weighted by molar-refractivity contribution is -0.122. The number of hydrogen-bond donors (Lipinski definition) is 2. The van der Waals surface area contributed by atoms with Crippen molar-refractivity contribution in [3.8, 4) is 0 Å². The van der Waals surface area contributed by atoms with Crippen molar-refractivity contribution in [2.24, 2.45) is 11.5 Å². The molecule has 1 rings (SSSR count). The number of primary amides is 1. The zero-order chi connectivity index (χ0) is 13.4. The monoisotopic (exact) mass is 266 g/mol. The minimum Gasteiger partial charge on any atom is -0.368 e. The van der Waals surface area contributed by atoms with Gasteiger partial charge in [0, 0.05) is 5.75 Å². The lowest BCUT2D eigenvalue weighted by Gasteiger charge is -2.19. The number of carbonyl (C=O) groups is 1. The number of nitrogens with two attached hydrogens (primary N) is 2. The highest BCUT2D eigenvalue weighted by atomic mass is 32.2. The van der Waals surface area contributed by atoms with Gasteiger partial charge in [-0.25, -0.2) is 0 Å².